The molecule has 0 saturated heterocycles. The van der Waals surface area contributed by atoms with Gasteiger partial charge in [0.2, 0.25) is 5.91 Å². The van der Waals surface area contributed by atoms with E-state index in [-0.39, 0.29) is 24.1 Å². The van der Waals surface area contributed by atoms with E-state index in [2.05, 4.69) is 16.4 Å². The fraction of sp³-hybridized carbons (Fsp3) is 0.190. The number of amides is 1. The molecule has 1 atom stereocenters. The number of benzene rings is 2. The summed E-state index contributed by atoms with van der Waals surface area (Å²) in [7, 11) is 0. The Morgan fingerprint density at radius 1 is 1.30 bits per heavy atom. The topological polar surface area (TPSA) is 92.5 Å². The van der Waals surface area contributed by atoms with Crippen molar-refractivity contribution in [1.82, 2.24) is 4.98 Å². The van der Waals surface area contributed by atoms with E-state index >= 15 is 0 Å². The number of aromatic nitrogens is 1. The normalized spacial score (nSPS) is 11.7. The molecule has 0 fully saturated rings. The maximum absolute atomic E-state index is 12.9. The lowest BCUT2D eigenvalue weighted by Crippen LogP contribution is -2.17. The molecule has 27 heavy (non-hydrogen) atoms. The van der Waals surface area contributed by atoms with Crippen LogP contribution in [0.3, 0.4) is 0 Å². The van der Waals surface area contributed by atoms with Crippen molar-refractivity contribution in [3.05, 3.63) is 65.6 Å². The number of nitrogens with one attached hydrogen (secondary N) is 3. The van der Waals surface area contributed by atoms with Gasteiger partial charge in [-0.25, -0.2) is 4.39 Å². The highest BCUT2D eigenvalue weighted by Gasteiger charge is 2.16. The van der Waals surface area contributed by atoms with Crippen molar-refractivity contribution in [2.24, 2.45) is 0 Å². The smallest absolute Gasteiger partial charge is 0.230 e. The second-order valence-electron chi connectivity index (χ2n) is 6.56. The molecule has 0 aliphatic carbocycles. The molecule has 1 unspecified atom stereocenters. The second-order valence-corrected chi connectivity index (χ2v) is 6.56. The minimum atomic E-state index is -0.368. The number of H-pyrrole nitrogens is 1. The van der Waals surface area contributed by atoms with Crippen LogP contribution in [0, 0.1) is 22.6 Å². The summed E-state index contributed by atoms with van der Waals surface area (Å²) in [4.78, 5) is 15.3. The van der Waals surface area contributed by atoms with Gasteiger partial charge in [-0.3, -0.25) is 4.79 Å². The van der Waals surface area contributed by atoms with Crippen molar-refractivity contribution in [2.45, 2.75) is 25.7 Å². The molecule has 0 radical (unpaired) electrons. The van der Waals surface area contributed by atoms with Crippen LogP contribution in [0.1, 0.15) is 36.8 Å². The van der Waals surface area contributed by atoms with E-state index in [0.717, 1.165) is 16.5 Å². The average Bonchev–Trinajstić information content (AvgIpc) is 3.06. The van der Waals surface area contributed by atoms with Crippen LogP contribution in [0.2, 0.25) is 0 Å². The van der Waals surface area contributed by atoms with Gasteiger partial charge in [0, 0.05) is 28.5 Å². The van der Waals surface area contributed by atoms with Gasteiger partial charge in [0.05, 0.1) is 18.1 Å². The van der Waals surface area contributed by atoms with Crippen LogP contribution >= 0.6 is 0 Å². The standard InChI is InChI=1S/C21H19FN4O/c1-13(19-12-25-20-7-2-14(11-23)9-18(19)20)8-16(24)10-21(27)26-17-5-3-15(22)4-6-17/h2-7,9,12-13,24-25H,8,10H2,1H3,(H,26,27). The molecule has 1 aromatic heterocycles. The Hall–Kier alpha value is -3.46. The highest BCUT2D eigenvalue weighted by atomic mass is 19.1. The molecule has 5 nitrogen and oxygen atoms in total. The summed E-state index contributed by atoms with van der Waals surface area (Å²) in [6.07, 6.45) is 2.30. The van der Waals surface area contributed by atoms with Crippen molar-refractivity contribution < 1.29 is 9.18 Å². The SMILES string of the molecule is CC(CC(=N)CC(=O)Nc1ccc(F)cc1)c1c[nH]c2ccc(C#N)cc12. The molecule has 6 heteroatoms. The number of aromatic amines is 1. The number of anilines is 1. The van der Waals surface area contributed by atoms with E-state index in [1.54, 1.807) is 6.07 Å². The van der Waals surface area contributed by atoms with Crippen LogP contribution in [0.5, 0.6) is 0 Å². The van der Waals surface area contributed by atoms with Gasteiger partial charge in [-0.15, -0.1) is 0 Å². The fourth-order valence-electron chi connectivity index (χ4n) is 3.10. The first-order valence-electron chi connectivity index (χ1n) is 8.59. The summed E-state index contributed by atoms with van der Waals surface area (Å²) in [5, 5.41) is 20.9. The predicted octanol–water partition coefficient (Wildman–Crippen LogP) is 4.72. The first kappa shape index (κ1) is 18.3. The molecule has 0 spiro atoms. The fourth-order valence-corrected chi connectivity index (χ4v) is 3.10. The number of carbonyl (C=O) groups is 1. The van der Waals surface area contributed by atoms with Gasteiger partial charge in [-0.05, 0) is 60.4 Å². The highest BCUT2D eigenvalue weighted by Crippen LogP contribution is 2.29. The largest absolute Gasteiger partial charge is 0.361 e. The quantitative estimate of drug-likeness (QED) is 0.554. The average molecular weight is 362 g/mol. The van der Waals surface area contributed by atoms with Crippen LogP contribution in [-0.4, -0.2) is 16.6 Å². The van der Waals surface area contributed by atoms with Crippen molar-refractivity contribution in [3.63, 3.8) is 0 Å². The van der Waals surface area contributed by atoms with Gasteiger partial charge < -0.3 is 15.7 Å². The third-order valence-electron chi connectivity index (χ3n) is 4.43. The molecule has 3 aromatic rings. The number of fused-ring (bicyclic) bond motifs is 1. The number of nitriles is 1. The summed E-state index contributed by atoms with van der Waals surface area (Å²) in [6, 6.07) is 13.1. The summed E-state index contributed by atoms with van der Waals surface area (Å²) < 4.78 is 12.9. The molecule has 3 N–H and O–H groups in total. The Bertz CT molecular complexity index is 1030. The highest BCUT2D eigenvalue weighted by molar-refractivity contribution is 6.05. The zero-order valence-corrected chi connectivity index (χ0v) is 14.8. The number of halogens is 1. The number of hydrogen-bond donors (Lipinski definition) is 3. The summed E-state index contributed by atoms with van der Waals surface area (Å²) in [5.41, 5.74) is 3.36. The molecule has 2 aromatic carbocycles. The Balaban J connectivity index is 1.63. The summed E-state index contributed by atoms with van der Waals surface area (Å²) in [5.74, 6) is -0.642. The van der Waals surface area contributed by atoms with E-state index in [0.29, 0.717) is 23.4 Å². The van der Waals surface area contributed by atoms with Crippen molar-refractivity contribution in [1.29, 1.82) is 10.7 Å². The number of nitrogens with zero attached hydrogens (tertiary/aromatic N) is 1. The van der Waals surface area contributed by atoms with Crippen molar-refractivity contribution in [2.75, 3.05) is 5.32 Å². The predicted molar refractivity (Wildman–Crippen MR) is 103 cm³/mol. The van der Waals surface area contributed by atoms with Gasteiger partial charge in [-0.2, -0.15) is 5.26 Å². The Kier molecular flexibility index (Phi) is 5.32. The molecule has 136 valence electrons. The third kappa shape index (κ3) is 4.39. The van der Waals surface area contributed by atoms with Crippen LogP contribution in [-0.2, 0) is 4.79 Å². The molecule has 0 aliphatic heterocycles. The Labute approximate surface area is 156 Å². The molecular weight excluding hydrogens is 343 g/mol. The minimum absolute atomic E-state index is 0.0203. The first-order valence-corrected chi connectivity index (χ1v) is 8.59. The Morgan fingerprint density at radius 2 is 2.04 bits per heavy atom. The molecule has 0 aliphatic rings. The molecule has 1 amide bonds. The zero-order chi connectivity index (χ0) is 19.4. The lowest BCUT2D eigenvalue weighted by molar-refractivity contribution is -0.115. The van der Waals surface area contributed by atoms with E-state index in [1.807, 2.05) is 25.3 Å². The van der Waals surface area contributed by atoms with E-state index in [1.165, 1.54) is 24.3 Å². The summed E-state index contributed by atoms with van der Waals surface area (Å²) >= 11 is 0. The Morgan fingerprint density at radius 3 is 2.74 bits per heavy atom. The second kappa shape index (κ2) is 7.83. The lowest BCUT2D eigenvalue weighted by Gasteiger charge is -2.12. The van der Waals surface area contributed by atoms with E-state index in [4.69, 9.17) is 10.7 Å². The van der Waals surface area contributed by atoms with Crippen LogP contribution in [0.4, 0.5) is 10.1 Å². The summed E-state index contributed by atoms with van der Waals surface area (Å²) in [6.45, 7) is 1.99. The maximum atomic E-state index is 12.9. The molecule has 3 rings (SSSR count). The molecule has 0 bridgehead atoms. The van der Waals surface area contributed by atoms with Gasteiger partial charge in [0.25, 0.3) is 0 Å². The number of rotatable bonds is 6. The van der Waals surface area contributed by atoms with Crippen LogP contribution < -0.4 is 5.32 Å². The van der Waals surface area contributed by atoms with E-state index in [9.17, 15) is 9.18 Å². The van der Waals surface area contributed by atoms with Crippen molar-refractivity contribution in [3.8, 4) is 6.07 Å². The molecule has 1 heterocycles. The number of hydrogen-bond acceptors (Lipinski definition) is 3. The van der Waals surface area contributed by atoms with E-state index < -0.39 is 0 Å². The monoisotopic (exact) mass is 362 g/mol. The third-order valence-corrected chi connectivity index (χ3v) is 4.43. The lowest BCUT2D eigenvalue weighted by atomic mass is 9.93. The first-order chi connectivity index (χ1) is 13.0. The molecular formula is C21H19FN4O. The van der Waals surface area contributed by atoms with Crippen LogP contribution in [0.25, 0.3) is 10.9 Å². The molecule has 0 saturated carbocycles. The maximum Gasteiger partial charge on any atom is 0.230 e. The van der Waals surface area contributed by atoms with Crippen LogP contribution in [0.15, 0.2) is 48.7 Å². The zero-order valence-electron chi connectivity index (χ0n) is 14.8. The van der Waals surface area contributed by atoms with Gasteiger partial charge in [0.1, 0.15) is 5.82 Å². The minimum Gasteiger partial charge on any atom is -0.361 e. The van der Waals surface area contributed by atoms with Gasteiger partial charge in [-0.1, -0.05) is 6.92 Å². The van der Waals surface area contributed by atoms with Gasteiger partial charge in [0.15, 0.2) is 0 Å². The van der Waals surface area contributed by atoms with Crippen molar-refractivity contribution >= 4 is 28.2 Å². The number of carbonyl (C=O) groups excluding carboxylic acids is 1. The van der Waals surface area contributed by atoms with Gasteiger partial charge >= 0.3 is 0 Å².